The highest BCUT2D eigenvalue weighted by Crippen LogP contribution is 2.33. The molecule has 2 aromatic carbocycles. The normalized spacial score (nSPS) is 11.3. The predicted molar refractivity (Wildman–Crippen MR) is 111 cm³/mol. The van der Waals surface area contributed by atoms with Gasteiger partial charge in [0.25, 0.3) is 5.56 Å². The Morgan fingerprint density at radius 1 is 0.964 bits per heavy atom. The molecule has 3 aromatic rings. The molecule has 0 aliphatic carbocycles. The van der Waals surface area contributed by atoms with Crippen LogP contribution in [0.3, 0.4) is 0 Å². The van der Waals surface area contributed by atoms with E-state index in [2.05, 4.69) is 5.32 Å². The Bertz CT molecular complexity index is 1060. The lowest BCUT2D eigenvalue weighted by molar-refractivity contribution is -0.114. The van der Waals surface area contributed by atoms with E-state index in [4.69, 9.17) is 4.74 Å². The van der Waals surface area contributed by atoms with E-state index in [1.165, 1.54) is 6.92 Å². The van der Waals surface area contributed by atoms with E-state index in [1.54, 1.807) is 17.9 Å². The van der Waals surface area contributed by atoms with Crippen LogP contribution < -0.4 is 15.6 Å². The number of hydrogen-bond acceptors (Lipinski definition) is 3. The van der Waals surface area contributed by atoms with Gasteiger partial charge in [-0.15, -0.1) is 0 Å². The van der Waals surface area contributed by atoms with E-state index in [-0.39, 0.29) is 17.2 Å². The minimum absolute atomic E-state index is 0.273. The highest BCUT2D eigenvalue weighted by Gasteiger charge is 2.31. The first-order valence-corrected chi connectivity index (χ1v) is 9.10. The van der Waals surface area contributed by atoms with Gasteiger partial charge in [-0.25, -0.2) is 9.36 Å². The molecular weight excluding hydrogens is 354 g/mol. The van der Waals surface area contributed by atoms with Crippen molar-refractivity contribution in [3.05, 3.63) is 70.6 Å². The summed E-state index contributed by atoms with van der Waals surface area (Å²) in [7, 11) is 1.57. The molecule has 1 heterocycles. The van der Waals surface area contributed by atoms with Gasteiger partial charge in [-0.2, -0.15) is 0 Å². The number of nitrogens with zero attached hydrogens (tertiary/aromatic N) is 2. The number of ether oxygens (including phenoxy) is 1. The van der Waals surface area contributed by atoms with E-state index in [9.17, 15) is 9.59 Å². The molecule has 0 aliphatic heterocycles. The van der Waals surface area contributed by atoms with E-state index in [0.717, 1.165) is 5.69 Å². The van der Waals surface area contributed by atoms with Gasteiger partial charge >= 0.3 is 0 Å². The molecule has 28 heavy (non-hydrogen) atoms. The topological polar surface area (TPSA) is 65.3 Å². The number of carbonyl (C=O) groups is 1. The second kappa shape index (κ2) is 7.38. The Kier molecular flexibility index (Phi) is 5.14. The molecule has 0 aliphatic rings. The van der Waals surface area contributed by atoms with Gasteiger partial charge in [0.1, 0.15) is 17.1 Å². The number of aromatic nitrogens is 2. The number of hydrogen-bond donors (Lipinski definition) is 1. The van der Waals surface area contributed by atoms with Crippen LogP contribution in [0.4, 0.5) is 5.69 Å². The summed E-state index contributed by atoms with van der Waals surface area (Å²) >= 11 is 0. The Labute approximate surface area is 164 Å². The van der Waals surface area contributed by atoms with Gasteiger partial charge in [0, 0.05) is 12.3 Å². The summed E-state index contributed by atoms with van der Waals surface area (Å²) < 4.78 is 8.91. The van der Waals surface area contributed by atoms with Crippen molar-refractivity contribution in [2.45, 2.75) is 33.1 Å². The monoisotopic (exact) mass is 379 g/mol. The maximum atomic E-state index is 13.5. The fourth-order valence-electron chi connectivity index (χ4n) is 3.32. The third kappa shape index (κ3) is 3.45. The van der Waals surface area contributed by atoms with Crippen molar-refractivity contribution >= 4 is 11.6 Å². The molecule has 0 saturated heterocycles. The van der Waals surface area contributed by atoms with Crippen molar-refractivity contribution < 1.29 is 9.53 Å². The maximum Gasteiger partial charge on any atom is 0.295 e. The van der Waals surface area contributed by atoms with Crippen LogP contribution in [0, 0.1) is 0 Å². The Balaban J connectivity index is 2.50. The summed E-state index contributed by atoms with van der Waals surface area (Å²) in [4.78, 5) is 25.4. The summed E-state index contributed by atoms with van der Waals surface area (Å²) in [5, 5.41) is 2.75. The summed E-state index contributed by atoms with van der Waals surface area (Å²) in [6.45, 7) is 7.44. The summed E-state index contributed by atoms with van der Waals surface area (Å²) in [6, 6.07) is 16.9. The number of anilines is 1. The number of rotatable bonds is 4. The lowest BCUT2D eigenvalue weighted by atomic mass is 9.90. The summed E-state index contributed by atoms with van der Waals surface area (Å²) in [6.07, 6.45) is 0. The minimum atomic E-state index is -0.417. The van der Waals surface area contributed by atoms with Gasteiger partial charge < -0.3 is 10.1 Å². The van der Waals surface area contributed by atoms with Crippen LogP contribution in [0.25, 0.3) is 11.4 Å². The van der Waals surface area contributed by atoms with Crippen molar-refractivity contribution in [3.63, 3.8) is 0 Å². The average molecular weight is 379 g/mol. The van der Waals surface area contributed by atoms with E-state index in [0.29, 0.717) is 17.1 Å². The molecule has 0 spiro atoms. The third-order valence-electron chi connectivity index (χ3n) is 4.38. The first-order valence-electron chi connectivity index (χ1n) is 9.10. The summed E-state index contributed by atoms with van der Waals surface area (Å²) in [5.41, 5.74) is 1.67. The fourth-order valence-corrected chi connectivity index (χ4v) is 3.32. The first-order chi connectivity index (χ1) is 13.3. The lowest BCUT2D eigenvalue weighted by Crippen LogP contribution is -2.24. The Hall–Kier alpha value is -3.28. The highest BCUT2D eigenvalue weighted by molar-refractivity contribution is 5.89. The zero-order valence-electron chi connectivity index (χ0n) is 16.8. The Morgan fingerprint density at radius 2 is 1.57 bits per heavy atom. The maximum absolute atomic E-state index is 13.5. The molecule has 6 heteroatoms. The van der Waals surface area contributed by atoms with Crippen LogP contribution in [-0.4, -0.2) is 22.4 Å². The number of methoxy groups -OCH3 is 1. The van der Waals surface area contributed by atoms with Crippen LogP contribution in [-0.2, 0) is 10.2 Å². The number of para-hydroxylation sites is 3. The molecule has 0 radical (unpaired) electrons. The molecule has 146 valence electrons. The number of benzene rings is 2. The van der Waals surface area contributed by atoms with Crippen molar-refractivity contribution in [2.75, 3.05) is 12.4 Å². The molecule has 0 saturated carbocycles. The molecule has 1 aromatic heterocycles. The number of carbonyl (C=O) groups excluding carboxylic acids is 1. The van der Waals surface area contributed by atoms with Gasteiger partial charge in [-0.05, 0) is 24.3 Å². The largest absolute Gasteiger partial charge is 0.494 e. The van der Waals surface area contributed by atoms with Gasteiger partial charge in [-0.3, -0.25) is 9.59 Å². The van der Waals surface area contributed by atoms with Gasteiger partial charge in [-0.1, -0.05) is 51.1 Å². The minimum Gasteiger partial charge on any atom is -0.494 e. The fraction of sp³-hybridized carbons (Fsp3) is 0.273. The van der Waals surface area contributed by atoms with Crippen molar-refractivity contribution in [1.82, 2.24) is 9.36 Å². The van der Waals surface area contributed by atoms with Crippen LogP contribution >= 0.6 is 0 Å². The predicted octanol–water partition coefficient (Wildman–Crippen LogP) is 3.89. The second-order valence-electron chi connectivity index (χ2n) is 7.59. The average Bonchev–Trinajstić information content (AvgIpc) is 2.94. The van der Waals surface area contributed by atoms with Crippen molar-refractivity contribution in [1.29, 1.82) is 0 Å². The third-order valence-corrected chi connectivity index (χ3v) is 4.38. The molecule has 1 amide bonds. The second-order valence-corrected chi connectivity index (χ2v) is 7.59. The summed E-state index contributed by atoms with van der Waals surface area (Å²) in [5.74, 6) is 0.272. The van der Waals surface area contributed by atoms with Crippen LogP contribution in [0.15, 0.2) is 59.4 Å². The molecule has 0 unspecified atom stereocenters. The van der Waals surface area contributed by atoms with Gasteiger partial charge in [0.2, 0.25) is 5.91 Å². The molecular formula is C22H25N3O3. The molecule has 6 nitrogen and oxygen atoms in total. The smallest absolute Gasteiger partial charge is 0.295 e. The quantitative estimate of drug-likeness (QED) is 0.748. The van der Waals surface area contributed by atoms with Crippen LogP contribution in [0.2, 0.25) is 0 Å². The van der Waals surface area contributed by atoms with Crippen LogP contribution in [0.5, 0.6) is 5.75 Å². The van der Waals surface area contributed by atoms with E-state index in [1.807, 2.05) is 74.0 Å². The van der Waals surface area contributed by atoms with Crippen molar-refractivity contribution in [3.8, 4) is 17.1 Å². The molecule has 0 bridgehead atoms. The van der Waals surface area contributed by atoms with E-state index >= 15 is 0 Å². The molecule has 0 atom stereocenters. The SMILES string of the molecule is COc1ccccc1-n1c(=O)c(NC(C)=O)c(C(C)(C)C)n1-c1ccccc1. The zero-order chi connectivity index (χ0) is 20.5. The first kappa shape index (κ1) is 19.5. The zero-order valence-corrected chi connectivity index (χ0v) is 16.8. The molecule has 0 fully saturated rings. The number of amides is 1. The molecule has 1 N–H and O–H groups in total. The van der Waals surface area contributed by atoms with Gasteiger partial charge in [0.15, 0.2) is 0 Å². The van der Waals surface area contributed by atoms with Crippen LogP contribution in [0.1, 0.15) is 33.4 Å². The lowest BCUT2D eigenvalue weighted by Gasteiger charge is -2.24. The highest BCUT2D eigenvalue weighted by atomic mass is 16.5. The molecule has 3 rings (SSSR count). The standard InChI is InChI=1S/C22H25N3O3/c1-15(26)23-19-20(22(2,3)4)24(16-11-7-6-8-12-16)25(21(19)27)17-13-9-10-14-18(17)28-5/h6-14H,1-5H3,(H,23,26). The number of nitrogens with one attached hydrogen (secondary N) is 1. The van der Waals surface area contributed by atoms with E-state index < -0.39 is 5.41 Å². The van der Waals surface area contributed by atoms with Crippen molar-refractivity contribution in [2.24, 2.45) is 0 Å². The Morgan fingerprint density at radius 3 is 2.14 bits per heavy atom. The van der Waals surface area contributed by atoms with Gasteiger partial charge in [0.05, 0.1) is 18.5 Å².